The summed E-state index contributed by atoms with van der Waals surface area (Å²) >= 11 is 5.55. The fraction of sp³-hybridized carbons (Fsp3) is 0. The summed E-state index contributed by atoms with van der Waals surface area (Å²) in [6.45, 7) is 0. The van der Waals surface area contributed by atoms with E-state index in [4.69, 9.17) is 27.0 Å². The molecule has 0 saturated carbocycles. The van der Waals surface area contributed by atoms with Crippen LogP contribution in [0.2, 0.25) is 5.02 Å². The smallest absolute Gasteiger partial charge is 0.337 e. The van der Waals surface area contributed by atoms with Gasteiger partial charge in [-0.3, -0.25) is 0 Å². The largest absolute Gasteiger partial charge is 0.478 e. The standard InChI is InChI=1S/C7H7ClN2O6S2/c8-5-4(17(9,13)14)2-1-3(7(11)12)6(5)18(10,15)16/h1-2H,(H,11,12)(H2,9,13,14)(H2,10,15,16). The first-order valence-electron chi connectivity index (χ1n) is 4.07. The average Bonchev–Trinajstić information content (AvgIpc) is 2.12. The summed E-state index contributed by atoms with van der Waals surface area (Å²) in [5, 5.41) is 17.5. The van der Waals surface area contributed by atoms with E-state index in [-0.39, 0.29) is 0 Å². The second-order valence-corrected chi connectivity index (χ2v) is 6.56. The summed E-state index contributed by atoms with van der Waals surface area (Å²) in [7, 11) is -8.83. The van der Waals surface area contributed by atoms with E-state index < -0.39 is 46.4 Å². The van der Waals surface area contributed by atoms with Gasteiger partial charge in [-0.1, -0.05) is 11.6 Å². The number of carbonyl (C=O) groups is 1. The van der Waals surface area contributed by atoms with Gasteiger partial charge in [0.25, 0.3) is 0 Å². The number of rotatable bonds is 3. The second-order valence-electron chi connectivity index (χ2n) is 3.15. The number of carboxylic acids is 1. The molecule has 0 unspecified atom stereocenters. The molecule has 0 fully saturated rings. The number of benzene rings is 1. The minimum absolute atomic E-state index is 0.724. The Morgan fingerprint density at radius 3 is 1.94 bits per heavy atom. The van der Waals surface area contributed by atoms with Gasteiger partial charge in [0, 0.05) is 0 Å². The first-order chi connectivity index (χ1) is 7.96. The van der Waals surface area contributed by atoms with Crippen molar-refractivity contribution in [1.82, 2.24) is 0 Å². The van der Waals surface area contributed by atoms with Gasteiger partial charge in [0.2, 0.25) is 20.0 Å². The van der Waals surface area contributed by atoms with E-state index in [0.29, 0.717) is 0 Å². The molecule has 0 amide bonds. The quantitative estimate of drug-likeness (QED) is 0.671. The highest BCUT2D eigenvalue weighted by Crippen LogP contribution is 2.30. The average molecular weight is 315 g/mol. The van der Waals surface area contributed by atoms with Crippen molar-refractivity contribution in [2.45, 2.75) is 9.79 Å². The van der Waals surface area contributed by atoms with Gasteiger partial charge < -0.3 is 5.11 Å². The zero-order chi connectivity index (χ0) is 14.3. The first-order valence-corrected chi connectivity index (χ1v) is 7.54. The highest BCUT2D eigenvalue weighted by Gasteiger charge is 2.27. The van der Waals surface area contributed by atoms with Gasteiger partial charge in [0.1, 0.15) is 9.79 Å². The van der Waals surface area contributed by atoms with Crippen LogP contribution in [0.25, 0.3) is 0 Å². The Hall–Kier alpha value is -1.20. The van der Waals surface area contributed by atoms with Crippen molar-refractivity contribution in [1.29, 1.82) is 0 Å². The number of carboxylic acid groups (broad SMARTS) is 1. The van der Waals surface area contributed by atoms with E-state index in [1.54, 1.807) is 0 Å². The number of primary sulfonamides is 2. The Labute approximate surface area is 107 Å². The van der Waals surface area contributed by atoms with Crippen LogP contribution in [0.3, 0.4) is 0 Å². The fourth-order valence-electron chi connectivity index (χ4n) is 1.20. The molecule has 1 aromatic carbocycles. The van der Waals surface area contributed by atoms with Crippen molar-refractivity contribution in [2.24, 2.45) is 10.3 Å². The number of nitrogens with two attached hydrogens (primary N) is 2. The molecule has 0 aliphatic rings. The maximum Gasteiger partial charge on any atom is 0.337 e. The van der Waals surface area contributed by atoms with Crippen LogP contribution < -0.4 is 10.3 Å². The molecule has 0 saturated heterocycles. The summed E-state index contributed by atoms with van der Waals surface area (Å²) < 4.78 is 44.8. The third-order valence-corrected chi connectivity index (χ3v) is 4.45. The molecule has 0 aromatic heterocycles. The maximum atomic E-state index is 11.3. The Kier molecular flexibility index (Phi) is 3.70. The Bertz CT molecular complexity index is 725. The molecule has 1 aromatic rings. The molecule has 5 N–H and O–H groups in total. The Morgan fingerprint density at radius 1 is 1.11 bits per heavy atom. The van der Waals surface area contributed by atoms with Gasteiger partial charge in [-0.2, -0.15) is 0 Å². The van der Waals surface area contributed by atoms with Crippen LogP contribution in [0, 0.1) is 0 Å². The summed E-state index contributed by atoms with van der Waals surface area (Å²) in [5.41, 5.74) is -0.741. The van der Waals surface area contributed by atoms with Crippen LogP contribution in [-0.4, -0.2) is 27.9 Å². The predicted molar refractivity (Wildman–Crippen MR) is 61.2 cm³/mol. The molecule has 0 atom stereocenters. The van der Waals surface area contributed by atoms with Gasteiger partial charge in [0.15, 0.2) is 0 Å². The van der Waals surface area contributed by atoms with Crippen molar-refractivity contribution < 1.29 is 26.7 Å². The topological polar surface area (TPSA) is 158 Å². The molecule has 0 aliphatic heterocycles. The van der Waals surface area contributed by atoms with E-state index in [9.17, 15) is 21.6 Å². The van der Waals surface area contributed by atoms with Crippen LogP contribution in [-0.2, 0) is 20.0 Å². The van der Waals surface area contributed by atoms with Crippen LogP contribution in [0.5, 0.6) is 0 Å². The lowest BCUT2D eigenvalue weighted by atomic mass is 10.2. The van der Waals surface area contributed by atoms with Gasteiger partial charge in [-0.25, -0.2) is 31.9 Å². The molecule has 100 valence electrons. The Morgan fingerprint density at radius 2 is 1.61 bits per heavy atom. The molecule has 0 bridgehead atoms. The summed E-state index contributed by atoms with van der Waals surface area (Å²) in [5.74, 6) is -1.62. The molecule has 18 heavy (non-hydrogen) atoms. The number of aromatic carboxylic acids is 1. The number of halogens is 1. The van der Waals surface area contributed by atoms with Crippen molar-refractivity contribution in [3.05, 3.63) is 22.7 Å². The first kappa shape index (κ1) is 14.9. The third-order valence-electron chi connectivity index (χ3n) is 1.88. The van der Waals surface area contributed by atoms with Gasteiger partial charge in [-0.05, 0) is 12.1 Å². The maximum absolute atomic E-state index is 11.3. The zero-order valence-electron chi connectivity index (χ0n) is 8.49. The van der Waals surface area contributed by atoms with Gasteiger partial charge in [-0.15, -0.1) is 0 Å². The number of hydrogen-bond acceptors (Lipinski definition) is 5. The molecule has 1 rings (SSSR count). The summed E-state index contributed by atoms with van der Waals surface area (Å²) in [6, 6.07) is 1.53. The van der Waals surface area contributed by atoms with Crippen molar-refractivity contribution >= 4 is 37.6 Å². The lowest BCUT2D eigenvalue weighted by Crippen LogP contribution is -2.20. The molecule has 0 aliphatic carbocycles. The van der Waals surface area contributed by atoms with Crippen molar-refractivity contribution in [3.63, 3.8) is 0 Å². The van der Waals surface area contributed by atoms with Crippen molar-refractivity contribution in [2.75, 3.05) is 0 Å². The summed E-state index contributed by atoms with van der Waals surface area (Å²) in [6.07, 6.45) is 0. The predicted octanol–water partition coefficient (Wildman–Crippen LogP) is -0.667. The molecular formula is C7H7ClN2O6S2. The SMILES string of the molecule is NS(=O)(=O)c1ccc(C(=O)O)c(S(N)(=O)=O)c1Cl. The highest BCUT2D eigenvalue weighted by molar-refractivity contribution is 7.90. The number of hydrogen-bond donors (Lipinski definition) is 3. The van der Waals surface area contributed by atoms with Crippen LogP contribution >= 0.6 is 11.6 Å². The molecular weight excluding hydrogens is 308 g/mol. The van der Waals surface area contributed by atoms with Gasteiger partial charge >= 0.3 is 5.97 Å². The molecule has 8 nitrogen and oxygen atoms in total. The lowest BCUT2D eigenvalue weighted by Gasteiger charge is -2.09. The van der Waals surface area contributed by atoms with Crippen molar-refractivity contribution in [3.8, 4) is 0 Å². The molecule has 0 heterocycles. The second kappa shape index (κ2) is 4.48. The van der Waals surface area contributed by atoms with E-state index in [0.717, 1.165) is 12.1 Å². The minimum Gasteiger partial charge on any atom is -0.478 e. The van der Waals surface area contributed by atoms with E-state index >= 15 is 0 Å². The van der Waals surface area contributed by atoms with E-state index in [1.807, 2.05) is 0 Å². The molecule has 0 radical (unpaired) electrons. The van der Waals surface area contributed by atoms with Crippen LogP contribution in [0.15, 0.2) is 21.9 Å². The number of sulfonamides is 2. The van der Waals surface area contributed by atoms with Crippen LogP contribution in [0.4, 0.5) is 0 Å². The van der Waals surface area contributed by atoms with E-state index in [1.165, 1.54) is 0 Å². The normalized spacial score (nSPS) is 12.4. The zero-order valence-corrected chi connectivity index (χ0v) is 10.9. The lowest BCUT2D eigenvalue weighted by molar-refractivity contribution is 0.0692. The van der Waals surface area contributed by atoms with E-state index in [2.05, 4.69) is 0 Å². The third kappa shape index (κ3) is 2.79. The highest BCUT2D eigenvalue weighted by atomic mass is 35.5. The van der Waals surface area contributed by atoms with Crippen LogP contribution in [0.1, 0.15) is 10.4 Å². The monoisotopic (exact) mass is 314 g/mol. The fourth-order valence-corrected chi connectivity index (χ4v) is 3.51. The minimum atomic E-state index is -4.52. The summed E-state index contributed by atoms with van der Waals surface area (Å²) in [4.78, 5) is 9.10. The Balaban J connectivity index is 3.90. The molecule has 0 spiro atoms. The van der Waals surface area contributed by atoms with Gasteiger partial charge in [0.05, 0.1) is 10.6 Å². The molecule has 11 heteroatoms.